The van der Waals surface area contributed by atoms with Gasteiger partial charge in [0.15, 0.2) is 5.96 Å². The van der Waals surface area contributed by atoms with E-state index in [1.165, 1.54) is 17.4 Å². The molecular weight excluding hydrogens is 478 g/mol. The van der Waals surface area contributed by atoms with Crippen LogP contribution in [0.5, 0.6) is 0 Å². The third-order valence-electron chi connectivity index (χ3n) is 6.76. The molecule has 210 valence electrons. The van der Waals surface area contributed by atoms with Crippen LogP contribution in [-0.2, 0) is 26.4 Å². The molecule has 1 aliphatic rings. The van der Waals surface area contributed by atoms with E-state index >= 15 is 0 Å². The van der Waals surface area contributed by atoms with Crippen molar-refractivity contribution in [3.8, 4) is 0 Å². The first-order chi connectivity index (χ1) is 18.2. The summed E-state index contributed by atoms with van der Waals surface area (Å²) in [5.41, 5.74) is 8.60. The summed E-state index contributed by atoms with van der Waals surface area (Å²) in [6.07, 6.45) is 2.57. The van der Waals surface area contributed by atoms with Gasteiger partial charge >= 0.3 is 0 Å². The number of carbonyl (C=O) groups excluding carboxylic acids is 2. The number of likely N-dealkylation sites (tertiary alicyclic amines) is 1. The molecule has 0 aromatic heterocycles. The molecule has 0 aliphatic carbocycles. The summed E-state index contributed by atoms with van der Waals surface area (Å²) in [7, 11) is 3.31. The molecule has 1 unspecified atom stereocenters. The minimum Gasteiger partial charge on any atom is -0.385 e. The van der Waals surface area contributed by atoms with Gasteiger partial charge in [-0.1, -0.05) is 56.3 Å². The number of carbonyl (C=O) groups is 2. The van der Waals surface area contributed by atoms with Gasteiger partial charge in [-0.3, -0.25) is 19.4 Å². The number of benzene rings is 2. The number of methoxy groups -OCH3 is 1. The molecule has 1 heterocycles. The lowest BCUT2D eigenvalue weighted by Crippen LogP contribution is -2.44. The molecule has 8 heteroatoms. The molecule has 2 aromatic carbocycles. The van der Waals surface area contributed by atoms with E-state index in [0.717, 1.165) is 44.6 Å². The normalized spacial score (nSPS) is 15.6. The smallest absolute Gasteiger partial charge is 0.225 e. The molecule has 38 heavy (non-hydrogen) atoms. The van der Waals surface area contributed by atoms with Crippen LogP contribution in [0.1, 0.15) is 58.6 Å². The maximum atomic E-state index is 11.8. The molecule has 8 nitrogen and oxygen atoms in total. The number of nitrogens with one attached hydrogen (secondary N) is 1. The highest BCUT2D eigenvalue weighted by atomic mass is 16.5. The van der Waals surface area contributed by atoms with E-state index in [-0.39, 0.29) is 17.8 Å². The summed E-state index contributed by atoms with van der Waals surface area (Å²) in [6.45, 7) is 13.2. The average molecular weight is 526 g/mol. The van der Waals surface area contributed by atoms with Gasteiger partial charge in [0.2, 0.25) is 12.3 Å². The molecule has 0 saturated carbocycles. The summed E-state index contributed by atoms with van der Waals surface area (Å²) in [5, 5.41) is 2.72. The van der Waals surface area contributed by atoms with Crippen LogP contribution in [0, 0.1) is 5.92 Å². The maximum absolute atomic E-state index is 11.8. The second-order valence-electron chi connectivity index (χ2n) is 9.15. The number of hydrogen-bond acceptors (Lipinski definition) is 5. The van der Waals surface area contributed by atoms with E-state index in [2.05, 4.69) is 46.1 Å². The van der Waals surface area contributed by atoms with Gasteiger partial charge in [-0.25, -0.2) is 4.99 Å². The first-order valence-corrected chi connectivity index (χ1v) is 13.4. The quantitative estimate of drug-likeness (QED) is 0.291. The SMILES string of the molecule is CC.CC(=O)N(C)C(N)=NC(C)(c1cccc(NC=O)c1)C1CCN(Cc2ccccc2)CC1.CCOC. The zero-order valence-corrected chi connectivity index (χ0v) is 24.2. The average Bonchev–Trinajstić information content (AvgIpc) is 2.95. The van der Waals surface area contributed by atoms with E-state index in [0.29, 0.717) is 12.1 Å². The fourth-order valence-corrected chi connectivity index (χ4v) is 4.35. The van der Waals surface area contributed by atoms with Crippen molar-refractivity contribution in [2.45, 2.75) is 59.5 Å². The molecule has 3 N–H and O–H groups in total. The number of rotatable bonds is 8. The van der Waals surface area contributed by atoms with Crippen molar-refractivity contribution < 1.29 is 14.3 Å². The second kappa shape index (κ2) is 17.3. The van der Waals surface area contributed by atoms with Crippen LogP contribution in [0.15, 0.2) is 59.6 Å². The lowest BCUT2D eigenvalue weighted by atomic mass is 9.75. The van der Waals surface area contributed by atoms with Crippen molar-refractivity contribution >= 4 is 24.0 Å². The molecular formula is C30H47N5O3. The highest BCUT2D eigenvalue weighted by Crippen LogP contribution is 2.41. The maximum Gasteiger partial charge on any atom is 0.225 e. The van der Waals surface area contributed by atoms with Crippen molar-refractivity contribution in [1.29, 1.82) is 0 Å². The van der Waals surface area contributed by atoms with E-state index in [1.807, 2.05) is 51.1 Å². The Kier molecular flexibility index (Phi) is 14.9. The molecule has 3 rings (SSSR count). The third kappa shape index (κ3) is 9.91. The van der Waals surface area contributed by atoms with Crippen LogP contribution in [0.2, 0.25) is 0 Å². The lowest BCUT2D eigenvalue weighted by molar-refractivity contribution is -0.124. The Morgan fingerprint density at radius 2 is 1.79 bits per heavy atom. The fourth-order valence-electron chi connectivity index (χ4n) is 4.35. The van der Waals surface area contributed by atoms with Gasteiger partial charge in [-0.15, -0.1) is 0 Å². The van der Waals surface area contributed by atoms with Gasteiger partial charge in [-0.05, 0) is 69.0 Å². The second-order valence-corrected chi connectivity index (χ2v) is 9.15. The van der Waals surface area contributed by atoms with Crippen LogP contribution >= 0.6 is 0 Å². The molecule has 1 fully saturated rings. The van der Waals surface area contributed by atoms with Gasteiger partial charge in [0.05, 0.1) is 5.54 Å². The minimum absolute atomic E-state index is 0.164. The number of aliphatic imine (C=N–C) groups is 1. The minimum atomic E-state index is -0.632. The number of guanidine groups is 1. The van der Waals surface area contributed by atoms with E-state index in [9.17, 15) is 9.59 Å². The van der Waals surface area contributed by atoms with Gasteiger partial charge < -0.3 is 15.8 Å². The van der Waals surface area contributed by atoms with Gasteiger partial charge in [0.1, 0.15) is 0 Å². The number of amides is 2. The van der Waals surface area contributed by atoms with Crippen molar-refractivity contribution in [1.82, 2.24) is 9.80 Å². The predicted octanol–water partition coefficient (Wildman–Crippen LogP) is 4.85. The molecule has 1 aliphatic heterocycles. The Balaban J connectivity index is 0.00000110. The number of hydrogen-bond donors (Lipinski definition) is 2. The number of nitrogens with zero attached hydrogens (tertiary/aromatic N) is 3. The standard InChI is InChI=1S/C25H33N5O2.C3H8O.C2H6/c1-19(32)29(3)24(26)28-25(2,22-10-7-11-23(16-22)27-18-31)21-12-14-30(15-13-21)17-20-8-5-4-6-9-20;1-3-4-2;1-2/h4-11,16,18,21H,12-15,17H2,1-3H3,(H2,26,28)(H,27,31);3H2,1-2H3;1-2H3. The molecule has 0 spiro atoms. The molecule has 2 aromatic rings. The Bertz CT molecular complexity index is 988. The Morgan fingerprint density at radius 1 is 1.18 bits per heavy atom. The summed E-state index contributed by atoms with van der Waals surface area (Å²) < 4.78 is 4.54. The van der Waals surface area contributed by atoms with Crippen LogP contribution in [0.3, 0.4) is 0 Å². The summed E-state index contributed by atoms with van der Waals surface area (Å²) in [4.78, 5) is 31.5. The van der Waals surface area contributed by atoms with Crippen molar-refractivity contribution in [3.63, 3.8) is 0 Å². The predicted molar refractivity (Wildman–Crippen MR) is 157 cm³/mol. The number of nitrogens with two attached hydrogens (primary N) is 1. The molecule has 0 radical (unpaired) electrons. The monoisotopic (exact) mass is 525 g/mol. The highest BCUT2D eigenvalue weighted by Gasteiger charge is 2.38. The summed E-state index contributed by atoms with van der Waals surface area (Å²) >= 11 is 0. The Hall–Kier alpha value is -3.23. The fraction of sp³-hybridized carbons (Fsp3) is 0.500. The number of piperidine rings is 1. The van der Waals surface area contributed by atoms with Crippen molar-refractivity contribution in [2.24, 2.45) is 16.6 Å². The molecule has 0 bridgehead atoms. The lowest BCUT2D eigenvalue weighted by Gasteiger charge is -2.41. The molecule has 1 atom stereocenters. The summed E-state index contributed by atoms with van der Waals surface area (Å²) in [6, 6.07) is 18.2. The van der Waals surface area contributed by atoms with Gasteiger partial charge in [0.25, 0.3) is 0 Å². The van der Waals surface area contributed by atoms with Crippen molar-refractivity contribution in [2.75, 3.05) is 39.2 Å². The molecule has 2 amide bonds. The van der Waals surface area contributed by atoms with Crippen LogP contribution in [0.25, 0.3) is 0 Å². The zero-order valence-electron chi connectivity index (χ0n) is 24.2. The van der Waals surface area contributed by atoms with E-state index in [1.54, 1.807) is 14.2 Å². The van der Waals surface area contributed by atoms with Crippen LogP contribution in [-0.4, -0.2) is 61.9 Å². The Morgan fingerprint density at radius 3 is 2.32 bits per heavy atom. The first kappa shape index (κ1) is 32.8. The van der Waals surface area contributed by atoms with E-state index < -0.39 is 5.54 Å². The Labute approximate surface area is 229 Å². The van der Waals surface area contributed by atoms with Crippen LogP contribution < -0.4 is 11.1 Å². The van der Waals surface area contributed by atoms with E-state index in [4.69, 9.17) is 10.7 Å². The van der Waals surface area contributed by atoms with Crippen molar-refractivity contribution in [3.05, 3.63) is 65.7 Å². The van der Waals surface area contributed by atoms with Crippen LogP contribution in [0.4, 0.5) is 5.69 Å². The van der Waals surface area contributed by atoms with Gasteiger partial charge in [-0.2, -0.15) is 0 Å². The zero-order chi connectivity index (χ0) is 28.6. The number of ether oxygens (including phenoxy) is 1. The summed E-state index contributed by atoms with van der Waals surface area (Å²) in [5.74, 6) is 0.267. The first-order valence-electron chi connectivity index (χ1n) is 13.4. The largest absolute Gasteiger partial charge is 0.385 e. The number of anilines is 1. The molecule has 1 saturated heterocycles. The topological polar surface area (TPSA) is 100 Å². The van der Waals surface area contributed by atoms with Gasteiger partial charge in [0, 0.05) is 39.9 Å². The third-order valence-corrected chi connectivity index (χ3v) is 6.76. The highest BCUT2D eigenvalue weighted by molar-refractivity contribution is 5.95.